The van der Waals surface area contributed by atoms with E-state index in [-0.39, 0.29) is 11.9 Å². The highest BCUT2D eigenvalue weighted by Gasteiger charge is 2.07. The summed E-state index contributed by atoms with van der Waals surface area (Å²) in [4.78, 5) is 24.4. The van der Waals surface area contributed by atoms with E-state index in [1.165, 1.54) is 10.6 Å². The minimum Gasteiger partial charge on any atom is -0.385 e. The molecule has 1 atom stereocenters. The predicted octanol–water partition coefficient (Wildman–Crippen LogP) is -0.456. The van der Waals surface area contributed by atoms with Gasteiger partial charge in [0.15, 0.2) is 0 Å². The standard InChI is InChI=1S/C9H15N3O3/c1-3-15-6(2)5-12-7(10)4-8(13)11-9(12)14/h4,6H,3,5,10H2,1-2H3,(H,11,13,14). The van der Waals surface area contributed by atoms with E-state index in [0.29, 0.717) is 13.2 Å². The molecule has 15 heavy (non-hydrogen) atoms. The normalized spacial score (nSPS) is 12.7. The molecule has 0 saturated carbocycles. The van der Waals surface area contributed by atoms with Gasteiger partial charge < -0.3 is 10.5 Å². The van der Waals surface area contributed by atoms with E-state index in [0.717, 1.165) is 0 Å². The molecule has 6 nitrogen and oxygen atoms in total. The van der Waals surface area contributed by atoms with Gasteiger partial charge in [-0.2, -0.15) is 0 Å². The second-order valence-electron chi connectivity index (χ2n) is 3.24. The Hall–Kier alpha value is -1.56. The molecule has 0 aliphatic heterocycles. The SMILES string of the molecule is CCOC(C)Cn1c(N)cc(=O)[nH]c1=O. The van der Waals surface area contributed by atoms with Gasteiger partial charge in [-0.1, -0.05) is 0 Å². The first kappa shape index (κ1) is 11.5. The maximum absolute atomic E-state index is 11.4. The van der Waals surface area contributed by atoms with Crippen LogP contribution in [0.25, 0.3) is 0 Å². The number of anilines is 1. The summed E-state index contributed by atoms with van der Waals surface area (Å²) in [6.07, 6.45) is -0.124. The third kappa shape index (κ3) is 2.95. The van der Waals surface area contributed by atoms with Gasteiger partial charge in [0.1, 0.15) is 5.82 Å². The van der Waals surface area contributed by atoms with Gasteiger partial charge in [0.25, 0.3) is 5.56 Å². The molecule has 1 heterocycles. The summed E-state index contributed by atoms with van der Waals surface area (Å²) in [7, 11) is 0. The Labute approximate surface area is 86.7 Å². The Bertz CT molecular complexity index is 435. The molecule has 3 N–H and O–H groups in total. The van der Waals surface area contributed by atoms with Gasteiger partial charge in [-0.25, -0.2) is 4.79 Å². The first-order valence-corrected chi connectivity index (χ1v) is 4.75. The smallest absolute Gasteiger partial charge is 0.329 e. The van der Waals surface area contributed by atoms with Crippen molar-refractivity contribution in [2.75, 3.05) is 12.3 Å². The van der Waals surface area contributed by atoms with Crippen molar-refractivity contribution in [3.63, 3.8) is 0 Å². The van der Waals surface area contributed by atoms with E-state index in [1.807, 2.05) is 13.8 Å². The molecular formula is C9H15N3O3. The summed E-state index contributed by atoms with van der Waals surface area (Å²) in [5, 5.41) is 0. The topological polar surface area (TPSA) is 90.1 Å². The third-order valence-corrected chi connectivity index (χ3v) is 1.96. The predicted molar refractivity (Wildman–Crippen MR) is 56.8 cm³/mol. The fourth-order valence-corrected chi connectivity index (χ4v) is 1.32. The van der Waals surface area contributed by atoms with Gasteiger partial charge in [-0.3, -0.25) is 14.3 Å². The van der Waals surface area contributed by atoms with E-state index in [1.54, 1.807) is 0 Å². The second-order valence-corrected chi connectivity index (χ2v) is 3.24. The van der Waals surface area contributed by atoms with Crippen molar-refractivity contribution in [3.05, 3.63) is 26.9 Å². The average molecular weight is 213 g/mol. The lowest BCUT2D eigenvalue weighted by Crippen LogP contribution is -2.34. The van der Waals surface area contributed by atoms with Crippen LogP contribution in [0.1, 0.15) is 13.8 Å². The number of rotatable bonds is 4. The van der Waals surface area contributed by atoms with Crippen molar-refractivity contribution in [2.24, 2.45) is 0 Å². The second kappa shape index (κ2) is 4.79. The van der Waals surface area contributed by atoms with Crippen molar-refractivity contribution >= 4 is 5.82 Å². The van der Waals surface area contributed by atoms with Gasteiger partial charge >= 0.3 is 5.69 Å². The Kier molecular flexibility index (Phi) is 3.68. The zero-order valence-corrected chi connectivity index (χ0v) is 8.82. The van der Waals surface area contributed by atoms with Gasteiger partial charge in [0.05, 0.1) is 12.6 Å². The van der Waals surface area contributed by atoms with Gasteiger partial charge in [-0.15, -0.1) is 0 Å². The first-order chi connectivity index (χ1) is 7.04. The summed E-state index contributed by atoms with van der Waals surface area (Å²) >= 11 is 0. The molecule has 0 saturated heterocycles. The fraction of sp³-hybridized carbons (Fsp3) is 0.556. The van der Waals surface area contributed by atoms with Crippen LogP contribution in [0.15, 0.2) is 15.7 Å². The minimum absolute atomic E-state index is 0.124. The number of nitrogens with two attached hydrogens (primary N) is 1. The molecule has 0 aromatic carbocycles. The summed E-state index contributed by atoms with van der Waals surface area (Å²) in [6.45, 7) is 4.60. The average Bonchev–Trinajstić information content (AvgIpc) is 2.11. The van der Waals surface area contributed by atoms with Crippen molar-refractivity contribution in [2.45, 2.75) is 26.5 Å². The number of nitrogens with zero attached hydrogens (tertiary/aromatic N) is 1. The number of nitrogens with one attached hydrogen (secondary N) is 1. The number of ether oxygens (including phenoxy) is 1. The van der Waals surface area contributed by atoms with Crippen molar-refractivity contribution in [1.29, 1.82) is 0 Å². The van der Waals surface area contributed by atoms with Gasteiger partial charge in [0.2, 0.25) is 0 Å². The molecule has 0 radical (unpaired) electrons. The van der Waals surface area contributed by atoms with Crippen molar-refractivity contribution in [3.8, 4) is 0 Å². The number of hydrogen-bond acceptors (Lipinski definition) is 4. The quantitative estimate of drug-likeness (QED) is 0.708. The summed E-state index contributed by atoms with van der Waals surface area (Å²) in [5.41, 5.74) is 4.56. The van der Waals surface area contributed by atoms with Crippen LogP contribution in [-0.4, -0.2) is 22.3 Å². The van der Waals surface area contributed by atoms with E-state index in [9.17, 15) is 9.59 Å². The number of aromatic nitrogens is 2. The maximum Gasteiger partial charge on any atom is 0.329 e. The minimum atomic E-state index is -0.508. The van der Waals surface area contributed by atoms with E-state index in [4.69, 9.17) is 10.5 Å². The number of nitrogen functional groups attached to an aromatic ring is 1. The molecule has 0 fully saturated rings. The van der Waals surface area contributed by atoms with Crippen LogP contribution in [0.2, 0.25) is 0 Å². The Morgan fingerprint density at radius 3 is 2.80 bits per heavy atom. The molecular weight excluding hydrogens is 198 g/mol. The molecule has 6 heteroatoms. The molecule has 1 aromatic rings. The number of aromatic amines is 1. The lowest BCUT2D eigenvalue weighted by atomic mass is 10.4. The zero-order chi connectivity index (χ0) is 11.4. The Balaban J connectivity index is 2.95. The van der Waals surface area contributed by atoms with E-state index >= 15 is 0 Å². The van der Waals surface area contributed by atoms with Crippen LogP contribution in [0.4, 0.5) is 5.82 Å². The summed E-state index contributed by atoms with van der Waals surface area (Å²) < 4.78 is 6.56. The molecule has 1 unspecified atom stereocenters. The number of hydrogen-bond donors (Lipinski definition) is 2. The molecule has 1 rings (SSSR count). The van der Waals surface area contributed by atoms with E-state index < -0.39 is 11.2 Å². The number of H-pyrrole nitrogens is 1. The van der Waals surface area contributed by atoms with Crippen LogP contribution in [0.5, 0.6) is 0 Å². The van der Waals surface area contributed by atoms with Crippen LogP contribution in [0.3, 0.4) is 0 Å². The van der Waals surface area contributed by atoms with Gasteiger partial charge in [0, 0.05) is 12.7 Å². The highest BCUT2D eigenvalue weighted by molar-refractivity contribution is 5.26. The summed E-state index contributed by atoms with van der Waals surface area (Å²) in [6, 6.07) is 1.18. The molecule has 0 amide bonds. The molecule has 0 bridgehead atoms. The fourth-order valence-electron chi connectivity index (χ4n) is 1.32. The monoisotopic (exact) mass is 213 g/mol. The molecule has 0 spiro atoms. The Morgan fingerprint density at radius 2 is 2.27 bits per heavy atom. The Morgan fingerprint density at radius 1 is 1.60 bits per heavy atom. The van der Waals surface area contributed by atoms with E-state index in [2.05, 4.69) is 4.98 Å². The molecule has 84 valence electrons. The van der Waals surface area contributed by atoms with Crippen LogP contribution < -0.4 is 17.0 Å². The highest BCUT2D eigenvalue weighted by atomic mass is 16.5. The van der Waals surface area contributed by atoms with Crippen LogP contribution in [-0.2, 0) is 11.3 Å². The third-order valence-electron chi connectivity index (χ3n) is 1.96. The lowest BCUT2D eigenvalue weighted by molar-refractivity contribution is 0.0634. The highest BCUT2D eigenvalue weighted by Crippen LogP contribution is 1.98. The van der Waals surface area contributed by atoms with Crippen LogP contribution in [0, 0.1) is 0 Å². The van der Waals surface area contributed by atoms with Crippen molar-refractivity contribution in [1.82, 2.24) is 9.55 Å². The molecule has 0 aliphatic rings. The van der Waals surface area contributed by atoms with Crippen molar-refractivity contribution < 1.29 is 4.74 Å². The molecule has 1 aromatic heterocycles. The molecule has 0 aliphatic carbocycles. The van der Waals surface area contributed by atoms with Crippen LogP contribution >= 0.6 is 0 Å². The largest absolute Gasteiger partial charge is 0.385 e. The zero-order valence-electron chi connectivity index (χ0n) is 8.82. The first-order valence-electron chi connectivity index (χ1n) is 4.75. The van der Waals surface area contributed by atoms with Gasteiger partial charge in [-0.05, 0) is 13.8 Å². The lowest BCUT2D eigenvalue weighted by Gasteiger charge is -2.14. The summed E-state index contributed by atoms with van der Waals surface area (Å²) in [5.74, 6) is 0.148. The maximum atomic E-state index is 11.4.